The molecule has 1 aromatic heterocycles. The molecular formula is C20H20N4O4. The lowest BCUT2D eigenvalue weighted by Crippen LogP contribution is -2.36. The number of pyridine rings is 1. The summed E-state index contributed by atoms with van der Waals surface area (Å²) in [5.74, 6) is 2.47. The highest BCUT2D eigenvalue weighted by atomic mass is 16.7. The lowest BCUT2D eigenvalue weighted by Gasteiger charge is -2.27. The molecule has 0 unspecified atom stereocenters. The van der Waals surface area contributed by atoms with Gasteiger partial charge in [0, 0.05) is 43.3 Å². The summed E-state index contributed by atoms with van der Waals surface area (Å²) in [5, 5.41) is 10.5. The summed E-state index contributed by atoms with van der Waals surface area (Å²) in [7, 11) is 3.12. The van der Waals surface area contributed by atoms with E-state index in [9.17, 15) is 5.11 Å². The van der Waals surface area contributed by atoms with Crippen molar-refractivity contribution in [1.82, 2.24) is 9.88 Å². The van der Waals surface area contributed by atoms with E-state index >= 15 is 0 Å². The first kappa shape index (κ1) is 18.0. The lowest BCUT2D eigenvalue weighted by molar-refractivity contribution is 0.0492. The zero-order valence-corrected chi connectivity index (χ0v) is 15.6. The van der Waals surface area contributed by atoms with Crippen molar-refractivity contribution >= 4 is 23.1 Å². The Morgan fingerprint density at radius 1 is 1.29 bits per heavy atom. The molecule has 2 aromatic rings. The third-order valence-electron chi connectivity index (χ3n) is 4.44. The molecule has 0 atom stereocenters. The lowest BCUT2D eigenvalue weighted by atomic mass is 10.1. The smallest absolute Gasteiger partial charge is 0.188 e. The third-order valence-corrected chi connectivity index (χ3v) is 4.44. The molecule has 1 N–H and O–H groups in total. The van der Waals surface area contributed by atoms with Crippen LogP contribution >= 0.6 is 0 Å². The Hall–Kier alpha value is -3.39. The first-order chi connectivity index (χ1) is 13.7. The number of aromatic nitrogens is 1. The number of methoxy groups -OCH3 is 2. The zero-order chi connectivity index (χ0) is 19.5. The van der Waals surface area contributed by atoms with Crippen molar-refractivity contribution in [3.63, 3.8) is 0 Å². The standard InChI is InChI=1S/C20H20N4O4/c1-26-12-28-16-6-5-14-18(19(16)27-2)23-17(24-9-8-22-20(14)24)10-15(25)13-4-3-7-21-11-13/h3-7,10-11,25H,8-9,12H2,1-2H3/b15-10-. The van der Waals surface area contributed by atoms with Gasteiger partial charge in [-0.05, 0) is 24.3 Å². The summed E-state index contributed by atoms with van der Waals surface area (Å²) in [5.41, 5.74) is 2.08. The van der Waals surface area contributed by atoms with E-state index in [0.29, 0.717) is 41.7 Å². The van der Waals surface area contributed by atoms with Crippen LogP contribution in [0.15, 0.2) is 52.7 Å². The van der Waals surface area contributed by atoms with Gasteiger partial charge in [0.25, 0.3) is 0 Å². The monoisotopic (exact) mass is 380 g/mol. The van der Waals surface area contributed by atoms with E-state index < -0.39 is 0 Å². The minimum Gasteiger partial charge on any atom is -0.507 e. The molecule has 28 heavy (non-hydrogen) atoms. The Kier molecular flexibility index (Phi) is 4.94. The van der Waals surface area contributed by atoms with Gasteiger partial charge in [0.2, 0.25) is 0 Å². The summed E-state index contributed by atoms with van der Waals surface area (Å²) in [4.78, 5) is 15.4. The second kappa shape index (κ2) is 7.69. The molecule has 8 nitrogen and oxygen atoms in total. The zero-order valence-electron chi connectivity index (χ0n) is 15.6. The van der Waals surface area contributed by atoms with Crippen LogP contribution in [0.1, 0.15) is 11.1 Å². The summed E-state index contributed by atoms with van der Waals surface area (Å²) >= 11 is 0. The molecule has 0 amide bonds. The van der Waals surface area contributed by atoms with Crippen LogP contribution in [0.5, 0.6) is 11.5 Å². The van der Waals surface area contributed by atoms with Gasteiger partial charge in [-0.2, -0.15) is 0 Å². The Balaban J connectivity index is 1.81. The molecule has 0 saturated carbocycles. The van der Waals surface area contributed by atoms with Crippen LogP contribution in [-0.2, 0) is 4.74 Å². The summed E-state index contributed by atoms with van der Waals surface area (Å²) < 4.78 is 16.2. The van der Waals surface area contributed by atoms with Crippen molar-refractivity contribution in [2.24, 2.45) is 9.98 Å². The van der Waals surface area contributed by atoms with Crippen molar-refractivity contribution in [2.45, 2.75) is 0 Å². The van der Waals surface area contributed by atoms with Crippen LogP contribution < -0.4 is 9.47 Å². The van der Waals surface area contributed by atoms with Gasteiger partial charge in [0.1, 0.15) is 23.1 Å². The topological polar surface area (TPSA) is 88.8 Å². The molecule has 0 aliphatic carbocycles. The molecule has 3 heterocycles. The first-order valence-corrected chi connectivity index (χ1v) is 8.77. The van der Waals surface area contributed by atoms with Crippen LogP contribution in [-0.4, -0.2) is 60.8 Å². The Labute approximate surface area is 162 Å². The fourth-order valence-corrected chi connectivity index (χ4v) is 3.18. The predicted molar refractivity (Wildman–Crippen MR) is 106 cm³/mol. The molecule has 144 valence electrons. The normalized spacial score (nSPS) is 15.5. The van der Waals surface area contributed by atoms with Crippen molar-refractivity contribution in [1.29, 1.82) is 0 Å². The van der Waals surface area contributed by atoms with Crippen LogP contribution in [0.3, 0.4) is 0 Å². The molecule has 0 fully saturated rings. The number of aliphatic imine (C=N–C) groups is 2. The van der Waals surface area contributed by atoms with E-state index in [0.717, 1.165) is 11.4 Å². The Morgan fingerprint density at radius 3 is 2.93 bits per heavy atom. The molecule has 0 saturated heterocycles. The van der Waals surface area contributed by atoms with E-state index in [1.807, 2.05) is 17.0 Å². The van der Waals surface area contributed by atoms with Crippen molar-refractivity contribution in [3.05, 3.63) is 53.9 Å². The van der Waals surface area contributed by atoms with Crippen LogP contribution in [0, 0.1) is 0 Å². The maximum absolute atomic E-state index is 10.5. The number of benzene rings is 1. The summed E-state index contributed by atoms with van der Waals surface area (Å²) in [6.07, 6.45) is 4.87. The number of ether oxygens (including phenoxy) is 3. The van der Waals surface area contributed by atoms with Gasteiger partial charge in [0.05, 0.1) is 13.7 Å². The third kappa shape index (κ3) is 3.18. The Morgan fingerprint density at radius 2 is 2.18 bits per heavy atom. The molecule has 0 spiro atoms. The number of rotatable bonds is 6. The number of aliphatic hydroxyl groups excluding tert-OH is 1. The van der Waals surface area contributed by atoms with Gasteiger partial charge in [-0.25, -0.2) is 4.99 Å². The van der Waals surface area contributed by atoms with Gasteiger partial charge in [-0.15, -0.1) is 0 Å². The van der Waals surface area contributed by atoms with Gasteiger partial charge in [-0.3, -0.25) is 9.98 Å². The number of nitrogens with zero attached hydrogens (tertiary/aromatic N) is 4. The van der Waals surface area contributed by atoms with Crippen molar-refractivity contribution in [3.8, 4) is 11.5 Å². The van der Waals surface area contributed by atoms with E-state index in [1.54, 1.807) is 44.8 Å². The molecule has 8 heteroatoms. The molecule has 0 radical (unpaired) electrons. The molecular weight excluding hydrogens is 360 g/mol. The number of fused-ring (bicyclic) bond motifs is 3. The van der Waals surface area contributed by atoms with Gasteiger partial charge >= 0.3 is 0 Å². The fraction of sp³-hybridized carbons (Fsp3) is 0.250. The number of amidine groups is 2. The predicted octanol–water partition coefficient (Wildman–Crippen LogP) is 2.78. The highest BCUT2D eigenvalue weighted by molar-refractivity contribution is 6.20. The highest BCUT2D eigenvalue weighted by Crippen LogP contribution is 2.43. The van der Waals surface area contributed by atoms with Gasteiger partial charge < -0.3 is 24.2 Å². The van der Waals surface area contributed by atoms with Crippen molar-refractivity contribution in [2.75, 3.05) is 34.1 Å². The summed E-state index contributed by atoms with van der Waals surface area (Å²) in [6, 6.07) is 7.28. The molecule has 0 bridgehead atoms. The number of hydrogen-bond acceptors (Lipinski definition) is 8. The SMILES string of the molecule is COCOc1ccc2c(c1OC)N=C(/C=C(\O)c1cccnc1)N1CCN=C21. The maximum atomic E-state index is 10.5. The second-order valence-corrected chi connectivity index (χ2v) is 6.14. The van der Waals surface area contributed by atoms with E-state index in [1.165, 1.54) is 0 Å². The van der Waals surface area contributed by atoms with Crippen LogP contribution in [0.2, 0.25) is 0 Å². The average molecular weight is 380 g/mol. The van der Waals surface area contributed by atoms with Crippen LogP contribution in [0.25, 0.3) is 5.76 Å². The second-order valence-electron chi connectivity index (χ2n) is 6.14. The molecule has 1 aromatic carbocycles. The largest absolute Gasteiger partial charge is 0.507 e. The highest BCUT2D eigenvalue weighted by Gasteiger charge is 2.31. The average Bonchev–Trinajstić information content (AvgIpc) is 3.23. The number of aliphatic hydroxyl groups is 1. The molecule has 4 rings (SSSR count). The number of hydrogen-bond donors (Lipinski definition) is 1. The summed E-state index contributed by atoms with van der Waals surface area (Å²) in [6.45, 7) is 1.44. The van der Waals surface area contributed by atoms with Crippen molar-refractivity contribution < 1.29 is 19.3 Å². The van der Waals surface area contributed by atoms with E-state index in [2.05, 4.69) is 9.98 Å². The van der Waals surface area contributed by atoms with E-state index in [4.69, 9.17) is 19.2 Å². The van der Waals surface area contributed by atoms with E-state index in [-0.39, 0.29) is 12.6 Å². The van der Waals surface area contributed by atoms with Gasteiger partial charge in [-0.1, -0.05) is 0 Å². The quantitative estimate of drug-likeness (QED) is 0.612. The minimum atomic E-state index is 0.0762. The van der Waals surface area contributed by atoms with Gasteiger partial charge in [0.15, 0.2) is 18.3 Å². The maximum Gasteiger partial charge on any atom is 0.188 e. The molecule has 2 aliphatic heterocycles. The van der Waals surface area contributed by atoms with Crippen LogP contribution in [0.4, 0.5) is 5.69 Å². The fourth-order valence-electron chi connectivity index (χ4n) is 3.18. The molecule has 2 aliphatic rings. The first-order valence-electron chi connectivity index (χ1n) is 8.77. The minimum absolute atomic E-state index is 0.0762. The Bertz CT molecular complexity index is 970.